The number of aromatic amines is 1. The van der Waals surface area contributed by atoms with Crippen LogP contribution in [0.25, 0.3) is 21.9 Å². The van der Waals surface area contributed by atoms with E-state index in [4.69, 9.17) is 17.0 Å². The van der Waals surface area contributed by atoms with Gasteiger partial charge in [-0.15, -0.1) is 0 Å². The van der Waals surface area contributed by atoms with E-state index in [0.717, 1.165) is 70.8 Å². The molecule has 160 valence electrons. The second-order valence-electron chi connectivity index (χ2n) is 7.81. The van der Waals surface area contributed by atoms with Gasteiger partial charge in [-0.05, 0) is 55.7 Å². The molecular weight excluding hydrogens is 408 g/mol. The Kier molecular flexibility index (Phi) is 5.57. The number of aryl methyl sites for hydroxylation is 1. The number of benzene rings is 2. The van der Waals surface area contributed by atoms with E-state index < -0.39 is 0 Å². The lowest BCUT2D eigenvalue weighted by molar-refractivity contribution is 0.120. The number of fused-ring (bicyclic) bond motifs is 2. The first kappa shape index (κ1) is 20.0. The molecule has 2 aromatic heterocycles. The minimum atomic E-state index is 0.301. The Hall–Kier alpha value is -2.97. The van der Waals surface area contributed by atoms with Crippen molar-refractivity contribution in [1.29, 1.82) is 0 Å². The summed E-state index contributed by atoms with van der Waals surface area (Å²) < 4.78 is 8.54. The van der Waals surface area contributed by atoms with Crippen molar-refractivity contribution >= 4 is 45.7 Å². The molecule has 0 aliphatic carbocycles. The summed E-state index contributed by atoms with van der Waals surface area (Å²) in [6.07, 6.45) is 4.18. The second-order valence-corrected chi connectivity index (χ2v) is 8.20. The van der Waals surface area contributed by atoms with Gasteiger partial charge < -0.3 is 24.9 Å². The standard InChI is InChI=1S/C23H26N6OS/c1-2-29-21-11-19-17(10-20(21)28-23(29)31)22(27-14-26-19)25-12-15-6-3-4-8-18(15)24-13-16-7-5-9-30-16/h3-4,6,8,10-11,14,16,24H,2,5,7,9,12-13H2,1H3,(H,28,31)(H,25,26,27). The Morgan fingerprint density at radius 1 is 1.23 bits per heavy atom. The summed E-state index contributed by atoms with van der Waals surface area (Å²) in [5, 5.41) is 8.03. The van der Waals surface area contributed by atoms with E-state index >= 15 is 0 Å². The van der Waals surface area contributed by atoms with E-state index in [1.54, 1.807) is 6.33 Å². The summed E-state index contributed by atoms with van der Waals surface area (Å²) in [6, 6.07) is 12.5. The number of imidazole rings is 1. The second kappa shape index (κ2) is 8.64. The molecule has 8 heteroatoms. The van der Waals surface area contributed by atoms with Gasteiger partial charge in [-0.1, -0.05) is 18.2 Å². The molecule has 31 heavy (non-hydrogen) atoms. The molecule has 0 saturated carbocycles. The van der Waals surface area contributed by atoms with Gasteiger partial charge >= 0.3 is 0 Å². The van der Waals surface area contributed by atoms with Crippen molar-refractivity contribution < 1.29 is 4.74 Å². The van der Waals surface area contributed by atoms with Gasteiger partial charge in [0.25, 0.3) is 0 Å². The number of aromatic nitrogens is 4. The van der Waals surface area contributed by atoms with Crippen LogP contribution < -0.4 is 10.6 Å². The summed E-state index contributed by atoms with van der Waals surface area (Å²) in [7, 11) is 0. The third-order valence-electron chi connectivity index (χ3n) is 5.85. The molecule has 0 bridgehead atoms. The van der Waals surface area contributed by atoms with Crippen molar-refractivity contribution in [1.82, 2.24) is 19.5 Å². The monoisotopic (exact) mass is 434 g/mol. The van der Waals surface area contributed by atoms with Gasteiger partial charge in [-0.3, -0.25) is 0 Å². The Balaban J connectivity index is 1.40. The quantitative estimate of drug-likeness (QED) is 0.360. The number of nitrogens with zero attached hydrogens (tertiary/aromatic N) is 3. The summed E-state index contributed by atoms with van der Waals surface area (Å²) in [5.74, 6) is 0.810. The summed E-state index contributed by atoms with van der Waals surface area (Å²) in [4.78, 5) is 12.3. The Labute approximate surface area is 185 Å². The van der Waals surface area contributed by atoms with Crippen molar-refractivity contribution in [3.63, 3.8) is 0 Å². The maximum atomic E-state index is 5.74. The number of anilines is 2. The molecule has 0 spiro atoms. The third kappa shape index (κ3) is 4.00. The fourth-order valence-corrected chi connectivity index (χ4v) is 4.55. The first-order chi connectivity index (χ1) is 15.2. The highest BCUT2D eigenvalue weighted by molar-refractivity contribution is 7.71. The SMILES string of the molecule is CCn1c(=S)[nH]c2cc3c(NCc4ccccc4NCC4CCCO4)ncnc3cc21. The minimum absolute atomic E-state index is 0.301. The van der Waals surface area contributed by atoms with E-state index in [1.165, 1.54) is 5.56 Å². The van der Waals surface area contributed by atoms with Crippen molar-refractivity contribution in [3.05, 3.63) is 53.1 Å². The van der Waals surface area contributed by atoms with Gasteiger partial charge in [-0.2, -0.15) is 0 Å². The maximum absolute atomic E-state index is 5.74. The van der Waals surface area contributed by atoms with Crippen LogP contribution in [0.4, 0.5) is 11.5 Å². The van der Waals surface area contributed by atoms with Crippen LogP contribution in [0, 0.1) is 4.77 Å². The molecule has 2 aromatic carbocycles. The average Bonchev–Trinajstić information content (AvgIpc) is 3.41. The van der Waals surface area contributed by atoms with E-state index in [-0.39, 0.29) is 0 Å². The summed E-state index contributed by atoms with van der Waals surface area (Å²) in [5.41, 5.74) is 5.26. The highest BCUT2D eigenvalue weighted by Crippen LogP contribution is 2.26. The van der Waals surface area contributed by atoms with Crippen molar-refractivity contribution in [2.75, 3.05) is 23.8 Å². The lowest BCUT2D eigenvalue weighted by atomic mass is 10.1. The number of ether oxygens (including phenoxy) is 1. The number of hydrogen-bond acceptors (Lipinski definition) is 6. The number of para-hydroxylation sites is 1. The molecule has 3 N–H and O–H groups in total. The summed E-state index contributed by atoms with van der Waals surface area (Å²) >= 11 is 5.46. The van der Waals surface area contributed by atoms with Crippen LogP contribution in [0.15, 0.2) is 42.7 Å². The van der Waals surface area contributed by atoms with Gasteiger partial charge in [0, 0.05) is 37.3 Å². The van der Waals surface area contributed by atoms with Crippen LogP contribution in [-0.4, -0.2) is 38.8 Å². The van der Waals surface area contributed by atoms with Crippen molar-refractivity contribution in [2.45, 2.75) is 39.0 Å². The molecular formula is C23H26N6OS. The molecule has 1 fully saturated rings. The van der Waals surface area contributed by atoms with Crippen LogP contribution in [0.3, 0.4) is 0 Å². The first-order valence-corrected chi connectivity index (χ1v) is 11.2. The van der Waals surface area contributed by atoms with Crippen LogP contribution in [0.1, 0.15) is 25.3 Å². The number of H-pyrrole nitrogens is 1. The van der Waals surface area contributed by atoms with E-state index in [1.807, 2.05) is 0 Å². The van der Waals surface area contributed by atoms with E-state index in [0.29, 0.717) is 12.6 Å². The van der Waals surface area contributed by atoms with Crippen LogP contribution >= 0.6 is 12.2 Å². The average molecular weight is 435 g/mol. The molecule has 1 unspecified atom stereocenters. The number of hydrogen-bond donors (Lipinski definition) is 3. The Morgan fingerprint density at radius 2 is 2.13 bits per heavy atom. The van der Waals surface area contributed by atoms with Crippen LogP contribution in [-0.2, 0) is 17.8 Å². The fourth-order valence-electron chi connectivity index (χ4n) is 4.22. The smallest absolute Gasteiger partial charge is 0.178 e. The number of rotatable bonds is 7. The Bertz CT molecular complexity index is 1270. The molecule has 1 aliphatic heterocycles. The van der Waals surface area contributed by atoms with Crippen molar-refractivity contribution in [2.24, 2.45) is 0 Å². The molecule has 1 aliphatic rings. The normalized spacial score (nSPS) is 16.2. The van der Waals surface area contributed by atoms with Gasteiger partial charge in [-0.25, -0.2) is 9.97 Å². The predicted octanol–water partition coefficient (Wildman–Crippen LogP) is 4.86. The zero-order valence-corrected chi connectivity index (χ0v) is 18.3. The van der Waals surface area contributed by atoms with E-state index in [9.17, 15) is 0 Å². The van der Waals surface area contributed by atoms with Gasteiger partial charge in [0.2, 0.25) is 0 Å². The molecule has 5 rings (SSSR count). The zero-order chi connectivity index (χ0) is 21.2. The predicted molar refractivity (Wildman–Crippen MR) is 127 cm³/mol. The maximum Gasteiger partial charge on any atom is 0.178 e. The minimum Gasteiger partial charge on any atom is -0.382 e. The topological polar surface area (TPSA) is 79.8 Å². The van der Waals surface area contributed by atoms with Gasteiger partial charge in [0.15, 0.2) is 4.77 Å². The summed E-state index contributed by atoms with van der Waals surface area (Å²) in [6.45, 7) is 5.26. The molecule has 7 nitrogen and oxygen atoms in total. The highest BCUT2D eigenvalue weighted by Gasteiger charge is 2.15. The molecule has 4 aromatic rings. The van der Waals surface area contributed by atoms with E-state index in [2.05, 4.69) is 73.5 Å². The number of nitrogens with one attached hydrogen (secondary N) is 3. The van der Waals surface area contributed by atoms with Crippen LogP contribution in [0.2, 0.25) is 0 Å². The lowest BCUT2D eigenvalue weighted by Gasteiger charge is -2.16. The molecule has 0 amide bonds. The van der Waals surface area contributed by atoms with Gasteiger partial charge in [0.05, 0.1) is 22.7 Å². The highest BCUT2D eigenvalue weighted by atomic mass is 32.1. The Morgan fingerprint density at radius 3 is 2.97 bits per heavy atom. The van der Waals surface area contributed by atoms with Crippen LogP contribution in [0.5, 0.6) is 0 Å². The zero-order valence-electron chi connectivity index (χ0n) is 17.5. The lowest BCUT2D eigenvalue weighted by Crippen LogP contribution is -2.19. The molecule has 1 saturated heterocycles. The largest absolute Gasteiger partial charge is 0.382 e. The molecule has 3 heterocycles. The van der Waals surface area contributed by atoms with Gasteiger partial charge in [0.1, 0.15) is 12.1 Å². The van der Waals surface area contributed by atoms with Crippen molar-refractivity contribution in [3.8, 4) is 0 Å². The molecule has 0 radical (unpaired) electrons. The first-order valence-electron chi connectivity index (χ1n) is 10.8. The fraction of sp³-hybridized carbons (Fsp3) is 0.348. The third-order valence-corrected chi connectivity index (χ3v) is 6.18. The molecule has 1 atom stereocenters.